The van der Waals surface area contributed by atoms with Gasteiger partial charge in [-0.05, 0) is 47.7 Å². The minimum absolute atomic E-state index is 0.410. The first-order valence-corrected chi connectivity index (χ1v) is 7.58. The molecule has 114 valence electrons. The van der Waals surface area contributed by atoms with Crippen molar-refractivity contribution < 1.29 is 0 Å². The summed E-state index contributed by atoms with van der Waals surface area (Å²) in [5, 5.41) is 6.25. The fraction of sp³-hybridized carbons (Fsp3) is 0.250. The predicted octanol–water partition coefficient (Wildman–Crippen LogP) is 3.09. The highest BCUT2D eigenvalue weighted by Gasteiger charge is 2.05. The van der Waals surface area contributed by atoms with Crippen LogP contribution in [0.3, 0.4) is 0 Å². The van der Waals surface area contributed by atoms with E-state index >= 15 is 0 Å². The first-order valence-electron chi connectivity index (χ1n) is 6.79. The molecule has 1 aromatic carbocycles. The Bertz CT molecular complexity index is 678. The van der Waals surface area contributed by atoms with Gasteiger partial charge in [0.1, 0.15) is 5.82 Å². The highest BCUT2D eigenvalue weighted by molar-refractivity contribution is 9.10. The van der Waals surface area contributed by atoms with Crippen LogP contribution in [-0.2, 0) is 6.54 Å². The molecule has 22 heavy (non-hydrogen) atoms. The van der Waals surface area contributed by atoms with Crippen LogP contribution in [0.2, 0.25) is 0 Å². The molecule has 0 saturated heterocycles. The fourth-order valence-corrected chi connectivity index (χ4v) is 2.26. The lowest BCUT2D eigenvalue weighted by Gasteiger charge is -2.12. The molecular formula is C16H18BrN5. The number of anilines is 3. The van der Waals surface area contributed by atoms with Crippen molar-refractivity contribution >= 4 is 33.4 Å². The Morgan fingerprint density at radius 3 is 2.91 bits per heavy atom. The summed E-state index contributed by atoms with van der Waals surface area (Å²) in [6.45, 7) is 1.29. The number of rotatable bonds is 6. The van der Waals surface area contributed by atoms with Crippen molar-refractivity contribution in [2.75, 3.05) is 31.3 Å². The molecule has 0 aliphatic carbocycles. The van der Waals surface area contributed by atoms with E-state index in [9.17, 15) is 0 Å². The largest absolute Gasteiger partial charge is 0.358 e. The minimum atomic E-state index is 0.410. The summed E-state index contributed by atoms with van der Waals surface area (Å²) >= 11 is 3.40. The van der Waals surface area contributed by atoms with E-state index in [1.807, 2.05) is 26.2 Å². The first-order chi connectivity index (χ1) is 10.6. The first kappa shape index (κ1) is 16.3. The van der Waals surface area contributed by atoms with E-state index in [-0.39, 0.29) is 0 Å². The third-order valence-electron chi connectivity index (χ3n) is 2.78. The summed E-state index contributed by atoms with van der Waals surface area (Å²) < 4.78 is 0.773. The Labute approximate surface area is 139 Å². The topological polar surface area (TPSA) is 53.1 Å². The van der Waals surface area contributed by atoms with Crippen molar-refractivity contribution in [3.8, 4) is 12.3 Å². The number of halogens is 1. The zero-order valence-corrected chi connectivity index (χ0v) is 14.2. The molecule has 0 bridgehead atoms. The van der Waals surface area contributed by atoms with Crippen molar-refractivity contribution in [2.24, 2.45) is 0 Å². The van der Waals surface area contributed by atoms with Crippen LogP contribution in [0.1, 0.15) is 5.56 Å². The second-order valence-electron chi connectivity index (χ2n) is 5.01. The predicted molar refractivity (Wildman–Crippen MR) is 94.2 cm³/mol. The van der Waals surface area contributed by atoms with E-state index in [4.69, 9.17) is 6.42 Å². The van der Waals surface area contributed by atoms with Gasteiger partial charge in [-0.1, -0.05) is 18.1 Å². The maximum absolute atomic E-state index is 5.25. The van der Waals surface area contributed by atoms with Gasteiger partial charge in [0, 0.05) is 18.4 Å². The smallest absolute Gasteiger partial charge is 0.229 e. The lowest BCUT2D eigenvalue weighted by Crippen LogP contribution is -2.10. The van der Waals surface area contributed by atoms with Crippen LogP contribution in [-0.4, -0.2) is 35.5 Å². The number of benzene rings is 1. The maximum Gasteiger partial charge on any atom is 0.229 e. The van der Waals surface area contributed by atoms with Crippen molar-refractivity contribution in [2.45, 2.75) is 6.54 Å². The Balaban J connectivity index is 2.15. The number of terminal acetylenes is 1. The highest BCUT2D eigenvalue weighted by atomic mass is 79.9. The van der Waals surface area contributed by atoms with E-state index in [2.05, 4.69) is 59.5 Å². The minimum Gasteiger partial charge on any atom is -0.358 e. The van der Waals surface area contributed by atoms with Gasteiger partial charge in [0.05, 0.1) is 11.0 Å². The molecule has 0 unspecified atom stereocenters. The zero-order valence-electron chi connectivity index (χ0n) is 12.6. The number of hydrogen-bond donors (Lipinski definition) is 2. The van der Waals surface area contributed by atoms with Crippen LogP contribution in [0.25, 0.3) is 0 Å². The molecule has 0 aliphatic heterocycles. The molecule has 2 rings (SSSR count). The molecule has 2 N–H and O–H groups in total. The van der Waals surface area contributed by atoms with Crippen LogP contribution >= 0.6 is 15.9 Å². The Hall–Kier alpha value is -2.10. The summed E-state index contributed by atoms with van der Waals surface area (Å²) in [5.41, 5.74) is 2.17. The highest BCUT2D eigenvalue weighted by Crippen LogP contribution is 2.22. The van der Waals surface area contributed by atoms with Crippen LogP contribution in [0.4, 0.5) is 17.5 Å². The SMILES string of the molecule is C#CCNc1nc(Nc2cccc(CN(C)C)c2)ncc1Br. The van der Waals surface area contributed by atoms with E-state index in [1.165, 1.54) is 5.56 Å². The third kappa shape index (κ3) is 4.72. The molecule has 0 saturated carbocycles. The summed E-state index contributed by atoms with van der Waals surface area (Å²) in [7, 11) is 4.09. The van der Waals surface area contributed by atoms with E-state index < -0.39 is 0 Å². The Morgan fingerprint density at radius 2 is 2.18 bits per heavy atom. The Kier molecular flexibility index (Phi) is 5.75. The van der Waals surface area contributed by atoms with Gasteiger partial charge in [-0.3, -0.25) is 0 Å². The van der Waals surface area contributed by atoms with Crippen molar-refractivity contribution in [3.63, 3.8) is 0 Å². The summed E-state index contributed by atoms with van der Waals surface area (Å²) in [5.74, 6) is 3.71. The van der Waals surface area contributed by atoms with Crippen LogP contribution < -0.4 is 10.6 Å². The van der Waals surface area contributed by atoms with Gasteiger partial charge in [0.15, 0.2) is 0 Å². The second kappa shape index (κ2) is 7.78. The third-order valence-corrected chi connectivity index (χ3v) is 3.36. The van der Waals surface area contributed by atoms with Crippen LogP contribution in [0, 0.1) is 12.3 Å². The molecule has 0 fully saturated rings. The number of aromatic nitrogens is 2. The van der Waals surface area contributed by atoms with Gasteiger partial charge in [0.25, 0.3) is 0 Å². The molecule has 5 nitrogen and oxygen atoms in total. The van der Waals surface area contributed by atoms with E-state index in [1.54, 1.807) is 6.20 Å². The van der Waals surface area contributed by atoms with Crippen LogP contribution in [0.15, 0.2) is 34.9 Å². The average molecular weight is 360 g/mol. The summed E-state index contributed by atoms with van der Waals surface area (Å²) in [4.78, 5) is 10.8. The van der Waals surface area contributed by atoms with Gasteiger partial charge in [-0.2, -0.15) is 4.98 Å². The van der Waals surface area contributed by atoms with E-state index in [0.29, 0.717) is 18.3 Å². The van der Waals surface area contributed by atoms with Gasteiger partial charge in [0.2, 0.25) is 5.95 Å². The molecule has 0 radical (unpaired) electrons. The van der Waals surface area contributed by atoms with Crippen molar-refractivity contribution in [1.29, 1.82) is 0 Å². The van der Waals surface area contributed by atoms with E-state index in [0.717, 1.165) is 16.7 Å². The van der Waals surface area contributed by atoms with Crippen molar-refractivity contribution in [1.82, 2.24) is 14.9 Å². The number of hydrogen-bond acceptors (Lipinski definition) is 5. The lowest BCUT2D eigenvalue weighted by molar-refractivity contribution is 0.402. The molecule has 0 spiro atoms. The molecule has 2 aromatic rings. The maximum atomic E-state index is 5.25. The Morgan fingerprint density at radius 1 is 1.36 bits per heavy atom. The van der Waals surface area contributed by atoms with Gasteiger partial charge >= 0.3 is 0 Å². The average Bonchev–Trinajstić information content (AvgIpc) is 2.47. The molecule has 6 heteroatoms. The molecule has 1 aromatic heterocycles. The molecule has 0 amide bonds. The normalized spacial score (nSPS) is 10.3. The summed E-state index contributed by atoms with van der Waals surface area (Å²) in [6, 6.07) is 8.17. The standard InChI is InChI=1S/C16H18BrN5/c1-4-8-18-15-14(17)10-19-16(21-15)20-13-7-5-6-12(9-13)11-22(2)3/h1,5-7,9-10H,8,11H2,2-3H3,(H2,18,19,20,21). The van der Waals surface area contributed by atoms with Gasteiger partial charge in [-0.25, -0.2) is 4.98 Å². The fourth-order valence-electron chi connectivity index (χ4n) is 1.93. The van der Waals surface area contributed by atoms with Crippen LogP contribution in [0.5, 0.6) is 0 Å². The van der Waals surface area contributed by atoms with Gasteiger partial charge < -0.3 is 15.5 Å². The molecular weight excluding hydrogens is 342 g/mol. The quantitative estimate of drug-likeness (QED) is 0.776. The number of nitrogens with one attached hydrogen (secondary N) is 2. The lowest BCUT2D eigenvalue weighted by atomic mass is 10.2. The molecule has 0 atom stereocenters. The number of nitrogens with zero attached hydrogens (tertiary/aromatic N) is 3. The second-order valence-corrected chi connectivity index (χ2v) is 5.87. The van der Waals surface area contributed by atoms with Crippen molar-refractivity contribution in [3.05, 3.63) is 40.5 Å². The summed E-state index contributed by atoms with van der Waals surface area (Å²) in [6.07, 6.45) is 6.95. The van der Waals surface area contributed by atoms with Gasteiger partial charge in [-0.15, -0.1) is 6.42 Å². The molecule has 1 heterocycles. The zero-order chi connectivity index (χ0) is 15.9. The monoisotopic (exact) mass is 359 g/mol. The molecule has 0 aliphatic rings.